The molecule has 0 heterocycles. The minimum Gasteiger partial charge on any atom is -0.343 e. The molecule has 9 heavy (non-hydrogen) atoms. The van der Waals surface area contributed by atoms with Gasteiger partial charge in [-0.25, -0.2) is 0 Å². The third-order valence-corrected chi connectivity index (χ3v) is 0.839. The van der Waals surface area contributed by atoms with Crippen LogP contribution in [0.1, 0.15) is 6.42 Å². The van der Waals surface area contributed by atoms with Gasteiger partial charge in [0.05, 0.1) is 6.42 Å². The molecule has 0 aliphatic rings. The monoisotopic (exact) mass is 194 g/mol. The van der Waals surface area contributed by atoms with Crippen LogP contribution in [0.25, 0.3) is 0 Å². The summed E-state index contributed by atoms with van der Waals surface area (Å²) in [6.07, 6.45) is -0.745. The molecule has 0 radical (unpaired) electrons. The molecule has 6 heteroatoms. The lowest BCUT2D eigenvalue weighted by Gasteiger charge is -2.18. The second-order valence-corrected chi connectivity index (χ2v) is 4.08. The smallest absolute Gasteiger partial charge is 0.279 e. The van der Waals surface area contributed by atoms with Crippen LogP contribution in [0.4, 0.5) is 0 Å². The highest BCUT2D eigenvalue weighted by Crippen LogP contribution is 2.33. The van der Waals surface area contributed by atoms with Gasteiger partial charge in [0, 0.05) is 0 Å². The Balaban J connectivity index is 3.75. The molecular formula is C3H5Cl3O3. The zero-order valence-electron chi connectivity index (χ0n) is 4.18. The van der Waals surface area contributed by atoms with Crippen molar-refractivity contribution in [2.75, 3.05) is 0 Å². The highest BCUT2D eigenvalue weighted by molar-refractivity contribution is 6.67. The molecule has 56 valence electrons. The molecule has 0 aromatic carbocycles. The fourth-order valence-corrected chi connectivity index (χ4v) is 0.807. The number of aliphatic hydroxyl groups is 3. The van der Waals surface area contributed by atoms with Crippen molar-refractivity contribution in [3.8, 4) is 0 Å². The van der Waals surface area contributed by atoms with Crippen molar-refractivity contribution in [3.63, 3.8) is 0 Å². The Morgan fingerprint density at radius 3 is 1.33 bits per heavy atom. The summed E-state index contributed by atoms with van der Waals surface area (Å²) in [5, 5.41) is 24.6. The van der Waals surface area contributed by atoms with Crippen LogP contribution in [0.15, 0.2) is 0 Å². The molecule has 0 aromatic heterocycles. The summed E-state index contributed by atoms with van der Waals surface area (Å²) >= 11 is 15.2. The summed E-state index contributed by atoms with van der Waals surface area (Å²) < 4.78 is -1.85. The maximum atomic E-state index is 8.21. The normalized spacial score (nSPS) is 14.0. The van der Waals surface area contributed by atoms with Crippen LogP contribution in [-0.2, 0) is 0 Å². The zero-order chi connectivity index (χ0) is 7.71. The predicted octanol–water partition coefficient (Wildman–Crippen LogP) is 0.377. The second kappa shape index (κ2) is 2.78. The molecular weight excluding hydrogens is 190 g/mol. The van der Waals surface area contributed by atoms with Crippen molar-refractivity contribution in [2.24, 2.45) is 0 Å². The van der Waals surface area contributed by atoms with Gasteiger partial charge in [0.2, 0.25) is 0 Å². The largest absolute Gasteiger partial charge is 0.343 e. The Kier molecular flexibility index (Phi) is 3.01. The molecule has 0 unspecified atom stereocenters. The average molecular weight is 195 g/mol. The third kappa shape index (κ3) is 8.75. The predicted molar refractivity (Wildman–Crippen MR) is 34.3 cm³/mol. The van der Waals surface area contributed by atoms with Crippen LogP contribution in [0.3, 0.4) is 0 Å². The molecule has 0 saturated heterocycles. The summed E-state index contributed by atoms with van der Waals surface area (Å²) in [4.78, 5) is 0. The van der Waals surface area contributed by atoms with E-state index in [1.165, 1.54) is 0 Å². The van der Waals surface area contributed by atoms with E-state index in [0.717, 1.165) is 0 Å². The second-order valence-electron chi connectivity index (χ2n) is 1.57. The van der Waals surface area contributed by atoms with Crippen LogP contribution in [0.5, 0.6) is 0 Å². The van der Waals surface area contributed by atoms with E-state index in [0.29, 0.717) is 0 Å². The molecule has 3 N–H and O–H groups in total. The van der Waals surface area contributed by atoms with Crippen LogP contribution in [0.2, 0.25) is 0 Å². The molecule has 0 bridgehead atoms. The Labute approximate surface area is 66.8 Å². The number of rotatable bonds is 1. The Morgan fingerprint density at radius 1 is 1.00 bits per heavy atom. The molecule has 0 spiro atoms. The van der Waals surface area contributed by atoms with Crippen molar-refractivity contribution in [2.45, 2.75) is 16.2 Å². The Bertz CT molecular complexity index is 79.5. The zero-order valence-corrected chi connectivity index (χ0v) is 6.45. The Morgan fingerprint density at radius 2 is 1.33 bits per heavy atom. The van der Waals surface area contributed by atoms with Gasteiger partial charge >= 0.3 is 0 Å². The van der Waals surface area contributed by atoms with Crippen molar-refractivity contribution in [3.05, 3.63) is 0 Å². The minimum absolute atomic E-state index is 0.745. The Hall–Kier alpha value is 0.750. The van der Waals surface area contributed by atoms with E-state index in [9.17, 15) is 0 Å². The maximum absolute atomic E-state index is 8.21. The van der Waals surface area contributed by atoms with E-state index in [-0.39, 0.29) is 0 Å². The van der Waals surface area contributed by atoms with Gasteiger partial charge in [-0.05, 0) is 0 Å². The van der Waals surface area contributed by atoms with Gasteiger partial charge in [-0.1, -0.05) is 34.8 Å². The molecule has 0 amide bonds. The van der Waals surface area contributed by atoms with Crippen molar-refractivity contribution < 1.29 is 15.3 Å². The molecule has 0 rings (SSSR count). The average Bonchev–Trinajstić information content (AvgIpc) is 1.14. The summed E-state index contributed by atoms with van der Waals surface area (Å²) in [5.74, 6) is -2.91. The van der Waals surface area contributed by atoms with Gasteiger partial charge in [0.15, 0.2) is 3.79 Å². The summed E-state index contributed by atoms with van der Waals surface area (Å²) in [6.45, 7) is 0. The van der Waals surface area contributed by atoms with Crippen LogP contribution >= 0.6 is 34.8 Å². The fraction of sp³-hybridized carbons (Fsp3) is 1.00. The van der Waals surface area contributed by atoms with Gasteiger partial charge in [-0.15, -0.1) is 0 Å². The number of halogens is 3. The van der Waals surface area contributed by atoms with Gasteiger partial charge in [-0.3, -0.25) is 0 Å². The molecule has 3 nitrogen and oxygen atoms in total. The van der Waals surface area contributed by atoms with E-state index < -0.39 is 16.2 Å². The lowest BCUT2D eigenvalue weighted by Crippen LogP contribution is -2.32. The van der Waals surface area contributed by atoms with Gasteiger partial charge in [-0.2, -0.15) is 0 Å². The lowest BCUT2D eigenvalue weighted by molar-refractivity contribution is -0.313. The highest BCUT2D eigenvalue weighted by Gasteiger charge is 2.32. The first-order valence-electron chi connectivity index (χ1n) is 1.94. The van der Waals surface area contributed by atoms with E-state index in [4.69, 9.17) is 50.1 Å². The first kappa shape index (κ1) is 9.75. The maximum Gasteiger partial charge on any atom is 0.279 e. The van der Waals surface area contributed by atoms with E-state index in [1.807, 2.05) is 0 Å². The van der Waals surface area contributed by atoms with E-state index in [2.05, 4.69) is 0 Å². The quantitative estimate of drug-likeness (QED) is 0.419. The topological polar surface area (TPSA) is 60.7 Å². The van der Waals surface area contributed by atoms with Gasteiger partial charge in [0.25, 0.3) is 5.97 Å². The van der Waals surface area contributed by atoms with Gasteiger partial charge < -0.3 is 15.3 Å². The lowest BCUT2D eigenvalue weighted by atomic mass is 10.4. The van der Waals surface area contributed by atoms with Gasteiger partial charge in [0.1, 0.15) is 0 Å². The van der Waals surface area contributed by atoms with Crippen molar-refractivity contribution >= 4 is 34.8 Å². The first-order valence-corrected chi connectivity index (χ1v) is 3.08. The molecule has 0 aromatic rings. The fourth-order valence-electron chi connectivity index (χ4n) is 0.269. The van der Waals surface area contributed by atoms with Crippen molar-refractivity contribution in [1.29, 1.82) is 0 Å². The molecule has 0 fully saturated rings. The molecule has 0 saturated carbocycles. The number of hydrogen-bond acceptors (Lipinski definition) is 3. The molecule has 0 aliphatic carbocycles. The minimum atomic E-state index is -2.91. The van der Waals surface area contributed by atoms with E-state index in [1.54, 1.807) is 0 Å². The standard InChI is InChI=1S/C3H5Cl3O3/c4-2(5,6)1-3(7,8)9/h7-9H,1H2. The van der Waals surface area contributed by atoms with Crippen LogP contribution in [-0.4, -0.2) is 25.1 Å². The van der Waals surface area contributed by atoms with Crippen LogP contribution in [0, 0.1) is 0 Å². The summed E-state index contributed by atoms with van der Waals surface area (Å²) in [7, 11) is 0. The highest BCUT2D eigenvalue weighted by atomic mass is 35.6. The van der Waals surface area contributed by atoms with E-state index >= 15 is 0 Å². The molecule has 0 atom stereocenters. The number of alkyl halides is 3. The summed E-state index contributed by atoms with van der Waals surface area (Å²) in [6, 6.07) is 0. The molecule has 0 aliphatic heterocycles. The first-order chi connectivity index (χ1) is 3.71. The van der Waals surface area contributed by atoms with Crippen LogP contribution < -0.4 is 0 Å². The summed E-state index contributed by atoms with van der Waals surface area (Å²) in [5.41, 5.74) is 0. The van der Waals surface area contributed by atoms with Crippen molar-refractivity contribution in [1.82, 2.24) is 0 Å². The third-order valence-electron chi connectivity index (χ3n) is 0.438. The SMILES string of the molecule is OC(O)(O)CC(Cl)(Cl)Cl. The number of hydrogen-bond donors (Lipinski definition) is 3.